The third-order valence-corrected chi connectivity index (χ3v) is 1.92. The van der Waals surface area contributed by atoms with Crippen molar-refractivity contribution in [1.29, 1.82) is 0 Å². The summed E-state index contributed by atoms with van der Waals surface area (Å²) in [5.74, 6) is -0.0475. The van der Waals surface area contributed by atoms with Crippen molar-refractivity contribution < 1.29 is 14.6 Å². The number of aromatic amines is 1. The summed E-state index contributed by atoms with van der Waals surface area (Å²) in [7, 11) is 1.55. The van der Waals surface area contributed by atoms with Crippen LogP contribution in [0.4, 0.5) is 0 Å². The van der Waals surface area contributed by atoms with Gasteiger partial charge in [0, 0.05) is 12.8 Å². The minimum Gasteiger partial charge on any atom is -0.476 e. The molecule has 0 aliphatic rings. The van der Waals surface area contributed by atoms with Crippen LogP contribution in [0, 0.1) is 5.92 Å². The van der Waals surface area contributed by atoms with E-state index < -0.39 is 5.97 Å². The van der Waals surface area contributed by atoms with E-state index >= 15 is 0 Å². The Morgan fingerprint density at radius 3 is 2.73 bits per heavy atom. The standard InChI is InChI=1S/C10H16N2O3/c1-6(2)4-7-9(10(13)14)12-8(11-7)5-15-3/h6H,4-5H2,1-3H3,(H,11,12)(H,13,14). The SMILES string of the molecule is COCc1nc(C(=O)O)c(CC(C)C)[nH]1. The van der Waals surface area contributed by atoms with Gasteiger partial charge in [-0.3, -0.25) is 0 Å². The highest BCUT2D eigenvalue weighted by Gasteiger charge is 2.16. The van der Waals surface area contributed by atoms with Crippen molar-refractivity contribution in [3.05, 3.63) is 17.2 Å². The van der Waals surface area contributed by atoms with Gasteiger partial charge in [0.05, 0.1) is 0 Å². The Bertz CT molecular complexity index is 344. The number of hydrogen-bond donors (Lipinski definition) is 2. The molecular formula is C10H16N2O3. The minimum absolute atomic E-state index is 0.107. The molecule has 0 bridgehead atoms. The number of carbonyl (C=O) groups is 1. The molecule has 0 unspecified atom stereocenters. The van der Waals surface area contributed by atoms with Gasteiger partial charge in [0.25, 0.3) is 0 Å². The molecule has 1 rings (SSSR count). The second kappa shape index (κ2) is 4.93. The second-order valence-corrected chi connectivity index (χ2v) is 3.85. The van der Waals surface area contributed by atoms with Crippen LogP contribution in [-0.4, -0.2) is 28.2 Å². The first-order valence-electron chi connectivity index (χ1n) is 4.84. The Kier molecular flexibility index (Phi) is 3.85. The quantitative estimate of drug-likeness (QED) is 0.774. The van der Waals surface area contributed by atoms with E-state index in [1.807, 2.05) is 13.8 Å². The van der Waals surface area contributed by atoms with Crippen LogP contribution in [0.2, 0.25) is 0 Å². The molecular weight excluding hydrogens is 196 g/mol. The predicted molar refractivity (Wildman–Crippen MR) is 54.8 cm³/mol. The number of nitrogens with one attached hydrogen (secondary N) is 1. The van der Waals surface area contributed by atoms with Crippen LogP contribution < -0.4 is 0 Å². The summed E-state index contributed by atoms with van der Waals surface area (Å²) in [6.45, 7) is 4.36. The van der Waals surface area contributed by atoms with E-state index in [2.05, 4.69) is 9.97 Å². The van der Waals surface area contributed by atoms with Crippen molar-refractivity contribution in [3.8, 4) is 0 Å². The van der Waals surface area contributed by atoms with Crippen LogP contribution in [0.5, 0.6) is 0 Å². The molecule has 0 spiro atoms. The lowest BCUT2D eigenvalue weighted by molar-refractivity contribution is 0.0689. The summed E-state index contributed by atoms with van der Waals surface area (Å²) < 4.78 is 4.89. The molecule has 0 aliphatic carbocycles. The molecule has 1 aromatic rings. The number of nitrogens with zero attached hydrogens (tertiary/aromatic N) is 1. The molecule has 1 aromatic heterocycles. The Morgan fingerprint density at radius 1 is 1.60 bits per heavy atom. The van der Waals surface area contributed by atoms with Gasteiger partial charge in [-0.15, -0.1) is 0 Å². The summed E-state index contributed by atoms with van der Waals surface area (Å²) in [5.41, 5.74) is 0.778. The summed E-state index contributed by atoms with van der Waals surface area (Å²) in [4.78, 5) is 17.8. The van der Waals surface area contributed by atoms with Gasteiger partial charge < -0.3 is 14.8 Å². The van der Waals surface area contributed by atoms with Gasteiger partial charge in [-0.2, -0.15) is 0 Å². The van der Waals surface area contributed by atoms with Crippen molar-refractivity contribution in [3.63, 3.8) is 0 Å². The zero-order chi connectivity index (χ0) is 11.4. The number of ether oxygens (including phenoxy) is 1. The average molecular weight is 212 g/mol. The van der Waals surface area contributed by atoms with Gasteiger partial charge in [-0.1, -0.05) is 13.8 Å². The topological polar surface area (TPSA) is 75.2 Å². The molecule has 0 saturated heterocycles. The van der Waals surface area contributed by atoms with E-state index in [0.29, 0.717) is 30.5 Å². The number of hydrogen-bond acceptors (Lipinski definition) is 3. The van der Waals surface area contributed by atoms with E-state index in [1.54, 1.807) is 7.11 Å². The highest BCUT2D eigenvalue weighted by Crippen LogP contribution is 2.12. The number of imidazole rings is 1. The Labute approximate surface area is 88.5 Å². The van der Waals surface area contributed by atoms with Crippen molar-refractivity contribution in [2.24, 2.45) is 5.92 Å². The molecule has 15 heavy (non-hydrogen) atoms. The van der Waals surface area contributed by atoms with Crippen LogP contribution in [0.25, 0.3) is 0 Å². The maximum absolute atomic E-state index is 10.9. The lowest BCUT2D eigenvalue weighted by Gasteiger charge is -2.02. The molecule has 1 heterocycles. The first kappa shape index (κ1) is 11.7. The first-order valence-corrected chi connectivity index (χ1v) is 4.84. The second-order valence-electron chi connectivity index (χ2n) is 3.85. The van der Waals surface area contributed by atoms with Crippen LogP contribution in [-0.2, 0) is 17.8 Å². The Balaban J connectivity index is 2.95. The fourth-order valence-electron chi connectivity index (χ4n) is 1.40. The predicted octanol–water partition coefficient (Wildman–Crippen LogP) is 1.45. The van der Waals surface area contributed by atoms with Crippen molar-refractivity contribution in [1.82, 2.24) is 9.97 Å². The maximum Gasteiger partial charge on any atom is 0.356 e. The van der Waals surface area contributed by atoms with Gasteiger partial charge in [-0.05, 0) is 12.3 Å². The average Bonchev–Trinajstić information content (AvgIpc) is 2.47. The number of carboxylic acids is 1. The molecule has 0 aromatic carbocycles. The fourth-order valence-corrected chi connectivity index (χ4v) is 1.40. The minimum atomic E-state index is -0.996. The van der Waals surface area contributed by atoms with E-state index in [0.717, 1.165) is 0 Å². The zero-order valence-corrected chi connectivity index (χ0v) is 9.20. The zero-order valence-electron chi connectivity index (χ0n) is 9.20. The summed E-state index contributed by atoms with van der Waals surface area (Å²) >= 11 is 0. The smallest absolute Gasteiger partial charge is 0.356 e. The lowest BCUT2D eigenvalue weighted by Crippen LogP contribution is -2.04. The third kappa shape index (κ3) is 3.06. The van der Waals surface area contributed by atoms with Crippen LogP contribution in [0.1, 0.15) is 35.9 Å². The van der Waals surface area contributed by atoms with Crippen LogP contribution in [0.3, 0.4) is 0 Å². The molecule has 0 saturated carbocycles. The molecule has 0 atom stereocenters. The molecule has 0 amide bonds. The van der Waals surface area contributed by atoms with Gasteiger partial charge >= 0.3 is 5.97 Å². The number of rotatable bonds is 5. The van der Waals surface area contributed by atoms with Gasteiger partial charge in [0.2, 0.25) is 0 Å². The van der Waals surface area contributed by atoms with Crippen LogP contribution >= 0.6 is 0 Å². The number of carboxylic acid groups (broad SMARTS) is 1. The van der Waals surface area contributed by atoms with Crippen molar-refractivity contribution in [2.45, 2.75) is 26.9 Å². The lowest BCUT2D eigenvalue weighted by atomic mass is 10.1. The van der Waals surface area contributed by atoms with Crippen LogP contribution in [0.15, 0.2) is 0 Å². The van der Waals surface area contributed by atoms with Gasteiger partial charge in [0.1, 0.15) is 12.4 Å². The molecule has 5 heteroatoms. The number of methoxy groups -OCH3 is 1. The van der Waals surface area contributed by atoms with E-state index in [1.165, 1.54) is 0 Å². The van der Waals surface area contributed by atoms with E-state index in [9.17, 15) is 4.79 Å². The first-order chi connectivity index (χ1) is 7.04. The van der Waals surface area contributed by atoms with E-state index in [-0.39, 0.29) is 5.69 Å². The number of H-pyrrole nitrogens is 1. The van der Waals surface area contributed by atoms with Crippen molar-refractivity contribution in [2.75, 3.05) is 7.11 Å². The molecule has 0 radical (unpaired) electrons. The maximum atomic E-state index is 10.9. The number of aromatic carboxylic acids is 1. The van der Waals surface area contributed by atoms with E-state index in [4.69, 9.17) is 9.84 Å². The third-order valence-electron chi connectivity index (χ3n) is 1.92. The summed E-state index contributed by atoms with van der Waals surface area (Å²) in [5, 5.41) is 8.94. The summed E-state index contributed by atoms with van der Waals surface area (Å²) in [6, 6.07) is 0. The normalized spacial score (nSPS) is 10.9. The highest BCUT2D eigenvalue weighted by molar-refractivity contribution is 5.86. The number of aromatic nitrogens is 2. The highest BCUT2D eigenvalue weighted by atomic mass is 16.5. The monoisotopic (exact) mass is 212 g/mol. The molecule has 0 aliphatic heterocycles. The molecule has 2 N–H and O–H groups in total. The van der Waals surface area contributed by atoms with Crippen molar-refractivity contribution >= 4 is 5.97 Å². The fraction of sp³-hybridized carbons (Fsp3) is 0.600. The molecule has 0 fully saturated rings. The van der Waals surface area contributed by atoms with Gasteiger partial charge in [-0.25, -0.2) is 9.78 Å². The Morgan fingerprint density at radius 2 is 2.27 bits per heavy atom. The molecule has 5 nitrogen and oxygen atoms in total. The molecule has 84 valence electrons. The Hall–Kier alpha value is -1.36. The largest absolute Gasteiger partial charge is 0.476 e. The summed E-state index contributed by atoms with van der Waals surface area (Å²) in [6.07, 6.45) is 0.679. The van der Waals surface area contributed by atoms with Gasteiger partial charge in [0.15, 0.2) is 5.69 Å².